The van der Waals surface area contributed by atoms with Crippen LogP contribution < -0.4 is 5.32 Å². The van der Waals surface area contributed by atoms with E-state index in [9.17, 15) is 4.79 Å². The summed E-state index contributed by atoms with van der Waals surface area (Å²) in [5.41, 5.74) is 3.64. The van der Waals surface area contributed by atoms with Crippen LogP contribution in [-0.4, -0.2) is 30.4 Å². The highest BCUT2D eigenvalue weighted by Gasteiger charge is 2.20. The Bertz CT molecular complexity index is 470. The third kappa shape index (κ3) is 3.99. The molecule has 1 aliphatic rings. The molecule has 1 fully saturated rings. The second-order valence-electron chi connectivity index (χ2n) is 6.08. The standard InChI is InChI=1S/C17H26N2O/c1-13-6-7-16(15(3)11-13)18-9-8-17(20)19-10-4-5-14(2)12-19/h6-7,11,14,18H,4-5,8-10,12H2,1-3H3. The van der Waals surface area contributed by atoms with Crippen LogP contribution in [0, 0.1) is 19.8 Å². The van der Waals surface area contributed by atoms with E-state index in [1.165, 1.54) is 17.5 Å². The number of likely N-dealkylation sites (tertiary alicyclic amines) is 1. The van der Waals surface area contributed by atoms with Gasteiger partial charge in [0.15, 0.2) is 0 Å². The van der Waals surface area contributed by atoms with E-state index >= 15 is 0 Å². The molecule has 3 heteroatoms. The van der Waals surface area contributed by atoms with Gasteiger partial charge in [-0.1, -0.05) is 24.6 Å². The molecule has 0 radical (unpaired) electrons. The molecular formula is C17H26N2O. The van der Waals surface area contributed by atoms with Crippen molar-refractivity contribution in [3.63, 3.8) is 0 Å². The van der Waals surface area contributed by atoms with E-state index in [-0.39, 0.29) is 5.91 Å². The lowest BCUT2D eigenvalue weighted by atomic mass is 10.00. The van der Waals surface area contributed by atoms with Crippen LogP contribution in [0.2, 0.25) is 0 Å². The topological polar surface area (TPSA) is 32.3 Å². The predicted molar refractivity (Wildman–Crippen MR) is 84.0 cm³/mol. The van der Waals surface area contributed by atoms with E-state index in [0.29, 0.717) is 18.9 Å². The van der Waals surface area contributed by atoms with Crippen LogP contribution in [0.3, 0.4) is 0 Å². The SMILES string of the molecule is Cc1ccc(NCCC(=O)N2CCCC(C)C2)c(C)c1. The van der Waals surface area contributed by atoms with Gasteiger partial charge < -0.3 is 10.2 Å². The van der Waals surface area contributed by atoms with E-state index in [1.54, 1.807) is 0 Å². The minimum absolute atomic E-state index is 0.286. The second-order valence-corrected chi connectivity index (χ2v) is 6.08. The molecule has 1 amide bonds. The van der Waals surface area contributed by atoms with Crippen molar-refractivity contribution < 1.29 is 4.79 Å². The van der Waals surface area contributed by atoms with Crippen molar-refractivity contribution >= 4 is 11.6 Å². The number of anilines is 1. The molecule has 0 saturated carbocycles. The summed E-state index contributed by atoms with van der Waals surface area (Å²) in [4.78, 5) is 14.2. The van der Waals surface area contributed by atoms with Gasteiger partial charge in [-0.2, -0.15) is 0 Å². The highest BCUT2D eigenvalue weighted by atomic mass is 16.2. The highest BCUT2D eigenvalue weighted by molar-refractivity contribution is 5.76. The van der Waals surface area contributed by atoms with Crippen molar-refractivity contribution in [3.8, 4) is 0 Å². The van der Waals surface area contributed by atoms with Gasteiger partial charge >= 0.3 is 0 Å². The number of benzene rings is 1. The first-order chi connectivity index (χ1) is 9.56. The summed E-state index contributed by atoms with van der Waals surface area (Å²) >= 11 is 0. The van der Waals surface area contributed by atoms with Gasteiger partial charge in [-0.25, -0.2) is 0 Å². The summed E-state index contributed by atoms with van der Waals surface area (Å²) in [5.74, 6) is 0.939. The molecule has 1 heterocycles. The minimum Gasteiger partial charge on any atom is -0.384 e. The van der Waals surface area contributed by atoms with Crippen molar-refractivity contribution in [2.45, 2.75) is 40.0 Å². The number of nitrogens with one attached hydrogen (secondary N) is 1. The van der Waals surface area contributed by atoms with E-state index in [2.05, 4.69) is 44.3 Å². The first-order valence-corrected chi connectivity index (χ1v) is 7.65. The lowest BCUT2D eigenvalue weighted by molar-refractivity contribution is -0.132. The lowest BCUT2D eigenvalue weighted by Crippen LogP contribution is -2.39. The number of aryl methyl sites for hydroxylation is 2. The molecule has 1 atom stereocenters. The van der Waals surface area contributed by atoms with E-state index in [1.807, 2.05) is 4.90 Å². The van der Waals surface area contributed by atoms with Crippen LogP contribution in [0.15, 0.2) is 18.2 Å². The number of nitrogens with zero attached hydrogens (tertiary/aromatic N) is 1. The molecule has 0 bridgehead atoms. The number of hydrogen-bond acceptors (Lipinski definition) is 2. The van der Waals surface area contributed by atoms with Crippen molar-refractivity contribution in [2.75, 3.05) is 25.0 Å². The Morgan fingerprint density at radius 2 is 2.20 bits per heavy atom. The van der Waals surface area contributed by atoms with Gasteiger partial charge in [0.1, 0.15) is 0 Å². The fourth-order valence-electron chi connectivity index (χ4n) is 2.89. The summed E-state index contributed by atoms with van der Waals surface area (Å²) in [6.45, 7) is 9.01. The Labute approximate surface area is 122 Å². The lowest BCUT2D eigenvalue weighted by Gasteiger charge is -2.31. The Morgan fingerprint density at radius 1 is 1.40 bits per heavy atom. The van der Waals surface area contributed by atoms with Gasteiger partial charge in [0.25, 0.3) is 0 Å². The van der Waals surface area contributed by atoms with Crippen LogP contribution in [0.25, 0.3) is 0 Å². The average molecular weight is 274 g/mol. The molecular weight excluding hydrogens is 248 g/mol. The zero-order valence-corrected chi connectivity index (χ0v) is 12.9. The van der Waals surface area contributed by atoms with Gasteiger partial charge in [-0.15, -0.1) is 0 Å². The number of amides is 1. The predicted octanol–water partition coefficient (Wildman–Crippen LogP) is 3.36. The Hall–Kier alpha value is -1.51. The molecule has 0 aliphatic carbocycles. The third-order valence-electron chi connectivity index (χ3n) is 4.05. The van der Waals surface area contributed by atoms with Gasteiger partial charge in [0.2, 0.25) is 5.91 Å². The fraction of sp³-hybridized carbons (Fsp3) is 0.588. The van der Waals surface area contributed by atoms with E-state index in [0.717, 1.165) is 25.2 Å². The molecule has 0 spiro atoms. The number of piperidine rings is 1. The quantitative estimate of drug-likeness (QED) is 0.913. The number of rotatable bonds is 4. The van der Waals surface area contributed by atoms with Gasteiger partial charge in [-0.05, 0) is 44.2 Å². The Morgan fingerprint density at radius 3 is 2.90 bits per heavy atom. The van der Waals surface area contributed by atoms with Crippen LogP contribution in [0.5, 0.6) is 0 Å². The van der Waals surface area contributed by atoms with Crippen LogP contribution in [0.4, 0.5) is 5.69 Å². The van der Waals surface area contributed by atoms with Crippen molar-refractivity contribution in [1.29, 1.82) is 0 Å². The molecule has 2 rings (SSSR count). The fourth-order valence-corrected chi connectivity index (χ4v) is 2.89. The smallest absolute Gasteiger partial charge is 0.224 e. The molecule has 20 heavy (non-hydrogen) atoms. The largest absolute Gasteiger partial charge is 0.384 e. The molecule has 0 aromatic heterocycles. The second kappa shape index (κ2) is 6.78. The maximum Gasteiger partial charge on any atom is 0.224 e. The molecule has 1 aromatic carbocycles. The first kappa shape index (κ1) is 14.9. The van der Waals surface area contributed by atoms with Gasteiger partial charge in [-0.3, -0.25) is 4.79 Å². The molecule has 1 saturated heterocycles. The summed E-state index contributed by atoms with van der Waals surface area (Å²) in [7, 11) is 0. The molecule has 1 aromatic rings. The molecule has 1 aliphatic heterocycles. The first-order valence-electron chi connectivity index (χ1n) is 7.65. The third-order valence-corrected chi connectivity index (χ3v) is 4.05. The number of hydrogen-bond donors (Lipinski definition) is 1. The maximum atomic E-state index is 12.2. The summed E-state index contributed by atoms with van der Waals surface area (Å²) < 4.78 is 0. The van der Waals surface area contributed by atoms with Gasteiger partial charge in [0.05, 0.1) is 0 Å². The molecule has 1 unspecified atom stereocenters. The van der Waals surface area contributed by atoms with Crippen LogP contribution in [0.1, 0.15) is 37.3 Å². The maximum absolute atomic E-state index is 12.2. The summed E-state index contributed by atoms with van der Waals surface area (Å²) in [6, 6.07) is 6.36. The normalized spacial score (nSPS) is 18.9. The van der Waals surface area contributed by atoms with Crippen molar-refractivity contribution in [1.82, 2.24) is 4.90 Å². The average Bonchev–Trinajstić information content (AvgIpc) is 2.41. The molecule has 110 valence electrons. The van der Waals surface area contributed by atoms with Crippen molar-refractivity contribution in [3.05, 3.63) is 29.3 Å². The highest BCUT2D eigenvalue weighted by Crippen LogP contribution is 2.17. The number of carbonyl (C=O) groups excluding carboxylic acids is 1. The summed E-state index contributed by atoms with van der Waals surface area (Å²) in [6.07, 6.45) is 2.99. The minimum atomic E-state index is 0.286. The van der Waals surface area contributed by atoms with E-state index < -0.39 is 0 Å². The van der Waals surface area contributed by atoms with Crippen LogP contribution in [-0.2, 0) is 4.79 Å². The van der Waals surface area contributed by atoms with Crippen molar-refractivity contribution in [2.24, 2.45) is 5.92 Å². The Kier molecular flexibility index (Phi) is 5.05. The zero-order chi connectivity index (χ0) is 14.5. The zero-order valence-electron chi connectivity index (χ0n) is 12.9. The van der Waals surface area contributed by atoms with Crippen LogP contribution >= 0.6 is 0 Å². The number of carbonyl (C=O) groups is 1. The molecule has 3 nitrogen and oxygen atoms in total. The van der Waals surface area contributed by atoms with E-state index in [4.69, 9.17) is 0 Å². The summed E-state index contributed by atoms with van der Waals surface area (Å²) in [5, 5.41) is 3.37. The molecule has 1 N–H and O–H groups in total. The Balaban J connectivity index is 1.79. The van der Waals surface area contributed by atoms with Gasteiger partial charge in [0, 0.05) is 31.7 Å². The monoisotopic (exact) mass is 274 g/mol.